The number of carbonyl (C=O) groups excluding carboxylic acids is 3. The first-order chi connectivity index (χ1) is 14.3. The lowest BCUT2D eigenvalue weighted by atomic mass is 10.0. The fourth-order valence-electron chi connectivity index (χ4n) is 3.68. The summed E-state index contributed by atoms with van der Waals surface area (Å²) in [7, 11) is 1.64. The van der Waals surface area contributed by atoms with Gasteiger partial charge in [0.1, 0.15) is 6.02 Å². The predicted octanol–water partition coefficient (Wildman–Crippen LogP) is 2.24. The van der Waals surface area contributed by atoms with Crippen LogP contribution in [0.15, 0.2) is 36.4 Å². The number of halogens is 1. The van der Waals surface area contributed by atoms with Crippen molar-refractivity contribution in [3.05, 3.63) is 58.9 Å². The molecule has 3 amide bonds. The van der Waals surface area contributed by atoms with E-state index in [0.717, 1.165) is 0 Å². The molecular formula is C21H21FN4O3. The maximum Gasteiger partial charge on any atom is 0.255 e. The van der Waals surface area contributed by atoms with Gasteiger partial charge in [0.2, 0.25) is 11.8 Å². The highest BCUT2D eigenvalue weighted by atomic mass is 19.1. The monoisotopic (exact) mass is 397 g/mol. The van der Waals surface area contributed by atoms with Crippen molar-refractivity contribution in [1.82, 2.24) is 10.2 Å². The quantitative estimate of drug-likeness (QED) is 0.674. The van der Waals surface area contributed by atoms with E-state index in [4.69, 9.17) is 1.37 Å². The van der Waals surface area contributed by atoms with Gasteiger partial charge in [0.25, 0.3) is 5.91 Å². The average Bonchev–Trinajstić information content (AvgIpc) is 3.08. The Morgan fingerprint density at radius 1 is 1.21 bits per heavy atom. The molecule has 2 aliphatic heterocycles. The van der Waals surface area contributed by atoms with Gasteiger partial charge in [-0.25, -0.2) is 4.39 Å². The average molecular weight is 397 g/mol. The number of nitrogens with one attached hydrogen (secondary N) is 3. The van der Waals surface area contributed by atoms with Crippen molar-refractivity contribution < 1.29 is 20.1 Å². The molecule has 2 heterocycles. The number of hydrogen-bond donors (Lipinski definition) is 3. The summed E-state index contributed by atoms with van der Waals surface area (Å²) in [5, 5.41) is 8.11. The van der Waals surface area contributed by atoms with E-state index in [-0.39, 0.29) is 31.7 Å². The SMILES string of the molecule is [2H]C1(N2Cc3c(NCc4cccc(NC)c4F)cccc3C2=O)CCC(=O)NC1=O. The van der Waals surface area contributed by atoms with E-state index in [9.17, 15) is 18.8 Å². The van der Waals surface area contributed by atoms with Crippen molar-refractivity contribution in [1.29, 1.82) is 0 Å². The van der Waals surface area contributed by atoms with Crippen LogP contribution in [0.1, 0.15) is 35.7 Å². The molecule has 1 saturated heterocycles. The molecule has 2 aromatic rings. The largest absolute Gasteiger partial charge is 0.386 e. The lowest BCUT2D eigenvalue weighted by Crippen LogP contribution is -2.52. The smallest absolute Gasteiger partial charge is 0.255 e. The van der Waals surface area contributed by atoms with Gasteiger partial charge in [-0.15, -0.1) is 0 Å². The highest BCUT2D eigenvalue weighted by Gasteiger charge is 2.39. The Morgan fingerprint density at radius 3 is 2.72 bits per heavy atom. The second-order valence-electron chi connectivity index (χ2n) is 6.93. The van der Waals surface area contributed by atoms with Crippen molar-refractivity contribution in [2.75, 3.05) is 17.7 Å². The molecule has 29 heavy (non-hydrogen) atoms. The third-order valence-electron chi connectivity index (χ3n) is 5.21. The molecule has 2 aromatic carbocycles. The number of fused-ring (bicyclic) bond motifs is 1. The number of nitrogens with zero attached hydrogens (tertiary/aromatic N) is 1. The summed E-state index contributed by atoms with van der Waals surface area (Å²) in [6.45, 7) is 0.258. The number of imide groups is 1. The second kappa shape index (κ2) is 7.54. The first-order valence-electron chi connectivity index (χ1n) is 9.82. The van der Waals surface area contributed by atoms with Crippen molar-refractivity contribution in [2.24, 2.45) is 0 Å². The number of carbonyl (C=O) groups is 3. The Bertz CT molecular complexity index is 1060. The molecule has 1 unspecified atom stereocenters. The van der Waals surface area contributed by atoms with E-state index >= 15 is 0 Å². The molecule has 150 valence electrons. The van der Waals surface area contributed by atoms with E-state index in [1.807, 2.05) is 0 Å². The highest BCUT2D eigenvalue weighted by Crippen LogP contribution is 2.32. The zero-order valence-electron chi connectivity index (χ0n) is 16.8. The molecule has 4 rings (SSSR count). The van der Waals surface area contributed by atoms with E-state index < -0.39 is 23.7 Å². The van der Waals surface area contributed by atoms with Crippen LogP contribution in [0.2, 0.25) is 0 Å². The molecule has 3 N–H and O–H groups in total. The Labute approximate surface area is 168 Å². The van der Waals surface area contributed by atoms with Crippen LogP contribution in [0.5, 0.6) is 0 Å². The molecule has 7 nitrogen and oxygen atoms in total. The minimum Gasteiger partial charge on any atom is -0.386 e. The lowest BCUT2D eigenvalue weighted by molar-refractivity contribution is -0.136. The van der Waals surface area contributed by atoms with Crippen molar-refractivity contribution in [3.63, 3.8) is 0 Å². The summed E-state index contributed by atoms with van der Waals surface area (Å²) in [5.41, 5.74) is 2.52. The summed E-state index contributed by atoms with van der Waals surface area (Å²) in [6, 6.07) is 8.34. The fraction of sp³-hybridized carbons (Fsp3) is 0.286. The predicted molar refractivity (Wildman–Crippen MR) is 106 cm³/mol. The van der Waals surface area contributed by atoms with Crippen LogP contribution >= 0.6 is 0 Å². The number of piperidine rings is 1. The van der Waals surface area contributed by atoms with Crippen LogP contribution in [0, 0.1) is 5.82 Å². The van der Waals surface area contributed by atoms with Gasteiger partial charge >= 0.3 is 0 Å². The molecule has 2 aliphatic rings. The molecule has 0 saturated carbocycles. The molecule has 8 heteroatoms. The summed E-state index contributed by atoms with van der Waals surface area (Å²) in [6.07, 6.45) is -0.0519. The zero-order chi connectivity index (χ0) is 21.5. The van der Waals surface area contributed by atoms with Crippen molar-refractivity contribution >= 4 is 29.1 Å². The van der Waals surface area contributed by atoms with Gasteiger partial charge in [-0.3, -0.25) is 19.7 Å². The van der Waals surface area contributed by atoms with Crippen LogP contribution in [0.25, 0.3) is 0 Å². The van der Waals surface area contributed by atoms with E-state index in [1.165, 1.54) is 4.90 Å². The molecule has 0 aromatic heterocycles. The number of anilines is 2. The Balaban J connectivity index is 1.58. The molecule has 0 aliphatic carbocycles. The molecule has 0 spiro atoms. The summed E-state index contributed by atoms with van der Waals surface area (Å²) < 4.78 is 23.0. The zero-order valence-corrected chi connectivity index (χ0v) is 15.8. The third-order valence-corrected chi connectivity index (χ3v) is 5.21. The van der Waals surface area contributed by atoms with Gasteiger partial charge in [-0.2, -0.15) is 0 Å². The number of hydrogen-bond acceptors (Lipinski definition) is 5. The van der Waals surface area contributed by atoms with Crippen LogP contribution in [-0.4, -0.2) is 35.7 Å². The second-order valence-corrected chi connectivity index (χ2v) is 6.93. The summed E-state index contributed by atoms with van der Waals surface area (Å²) in [5.74, 6) is -2.02. The van der Waals surface area contributed by atoms with E-state index in [1.54, 1.807) is 43.4 Å². The van der Waals surface area contributed by atoms with Gasteiger partial charge in [0.15, 0.2) is 5.82 Å². The van der Waals surface area contributed by atoms with Crippen LogP contribution in [0.3, 0.4) is 0 Å². The molecule has 1 fully saturated rings. The first kappa shape index (κ1) is 17.7. The van der Waals surface area contributed by atoms with Crippen molar-refractivity contribution in [2.45, 2.75) is 31.9 Å². The fourth-order valence-corrected chi connectivity index (χ4v) is 3.68. The minimum absolute atomic E-state index is 0.00154. The molecular weight excluding hydrogens is 375 g/mol. The van der Waals surface area contributed by atoms with Gasteiger partial charge in [-0.1, -0.05) is 18.2 Å². The van der Waals surface area contributed by atoms with Crippen LogP contribution in [0.4, 0.5) is 15.8 Å². The molecule has 0 radical (unpaired) electrons. The third kappa shape index (κ3) is 3.41. The first-order valence-corrected chi connectivity index (χ1v) is 9.32. The van der Waals surface area contributed by atoms with E-state index in [2.05, 4.69) is 16.0 Å². The maximum absolute atomic E-state index is 14.5. The standard InChI is InChI=1S/C21H21FN4O3/c1-23-16-7-2-4-12(19(16)22)10-24-15-6-3-5-13-14(15)11-26(21(13)29)17-8-9-18(27)25-20(17)28/h2-7,17,23-24H,8-11H2,1H3,(H,25,27,28)/i17D. The van der Waals surface area contributed by atoms with E-state index in [0.29, 0.717) is 28.1 Å². The van der Waals surface area contributed by atoms with Crippen LogP contribution in [-0.2, 0) is 22.7 Å². The Hall–Kier alpha value is -3.42. The van der Waals surface area contributed by atoms with Gasteiger partial charge in [0.05, 0.1) is 7.06 Å². The maximum atomic E-state index is 14.5. The van der Waals surface area contributed by atoms with Gasteiger partial charge < -0.3 is 15.5 Å². The Morgan fingerprint density at radius 2 is 1.97 bits per heavy atom. The highest BCUT2D eigenvalue weighted by molar-refractivity contribution is 6.06. The normalized spacial score (nSPS) is 21.5. The van der Waals surface area contributed by atoms with Gasteiger partial charge in [0, 0.05) is 48.9 Å². The van der Waals surface area contributed by atoms with Crippen LogP contribution < -0.4 is 16.0 Å². The summed E-state index contributed by atoms with van der Waals surface area (Å²) in [4.78, 5) is 37.9. The summed E-state index contributed by atoms with van der Waals surface area (Å²) >= 11 is 0. The number of amides is 3. The number of rotatable bonds is 5. The van der Waals surface area contributed by atoms with Crippen molar-refractivity contribution in [3.8, 4) is 0 Å². The Kier molecular flexibility index (Phi) is 4.59. The van der Waals surface area contributed by atoms with Gasteiger partial charge in [-0.05, 0) is 24.6 Å². The molecule has 1 atom stereocenters. The lowest BCUT2D eigenvalue weighted by Gasteiger charge is -2.29. The number of benzene rings is 2. The minimum atomic E-state index is -1.84. The molecule has 0 bridgehead atoms. The topological polar surface area (TPSA) is 90.5 Å².